The first-order valence-electron chi connectivity index (χ1n) is 6.82. The average Bonchev–Trinajstić information content (AvgIpc) is 2.91. The van der Waals surface area contributed by atoms with Crippen LogP contribution < -0.4 is 5.32 Å². The number of hydrogen-bond acceptors (Lipinski definition) is 3. The molecule has 2 aromatic heterocycles. The van der Waals surface area contributed by atoms with E-state index >= 15 is 0 Å². The molecule has 0 aliphatic carbocycles. The zero-order valence-electron chi connectivity index (χ0n) is 12.2. The molecule has 0 radical (unpaired) electrons. The molecule has 19 heavy (non-hydrogen) atoms. The lowest BCUT2D eigenvalue weighted by Gasteiger charge is -2.08. The van der Waals surface area contributed by atoms with Crippen molar-refractivity contribution >= 4 is 0 Å². The number of aryl methyl sites for hydroxylation is 1. The summed E-state index contributed by atoms with van der Waals surface area (Å²) in [6.45, 7) is 11.2. The first-order valence-corrected chi connectivity index (χ1v) is 6.82. The molecule has 0 saturated carbocycles. The van der Waals surface area contributed by atoms with Crippen LogP contribution in [-0.4, -0.2) is 16.1 Å². The molecule has 0 amide bonds. The zero-order chi connectivity index (χ0) is 13.8. The molecule has 104 valence electrons. The third-order valence-corrected chi connectivity index (χ3v) is 3.36. The normalized spacial score (nSPS) is 11.4. The Balaban J connectivity index is 2.01. The van der Waals surface area contributed by atoms with Gasteiger partial charge in [-0.05, 0) is 32.4 Å². The van der Waals surface area contributed by atoms with Crippen molar-refractivity contribution in [3.05, 3.63) is 41.4 Å². The summed E-state index contributed by atoms with van der Waals surface area (Å²) < 4.78 is 7.73. The predicted octanol–water partition coefficient (Wildman–Crippen LogP) is 2.89. The molecule has 0 aliphatic heterocycles. The van der Waals surface area contributed by atoms with Gasteiger partial charge in [0.05, 0.1) is 24.8 Å². The fraction of sp³-hybridized carbons (Fsp3) is 0.533. The lowest BCUT2D eigenvalue weighted by Crippen LogP contribution is -2.19. The summed E-state index contributed by atoms with van der Waals surface area (Å²) in [5.41, 5.74) is 3.50. The Bertz CT molecular complexity index is 525. The van der Waals surface area contributed by atoms with Gasteiger partial charge < -0.3 is 14.3 Å². The maximum absolute atomic E-state index is 5.60. The van der Waals surface area contributed by atoms with Crippen molar-refractivity contribution in [1.29, 1.82) is 0 Å². The van der Waals surface area contributed by atoms with Gasteiger partial charge in [-0.1, -0.05) is 13.8 Å². The third kappa shape index (κ3) is 3.47. The fourth-order valence-corrected chi connectivity index (χ4v) is 2.02. The second-order valence-corrected chi connectivity index (χ2v) is 5.44. The quantitative estimate of drug-likeness (QED) is 0.869. The Morgan fingerprint density at radius 3 is 2.79 bits per heavy atom. The number of nitrogens with zero attached hydrogens (tertiary/aromatic N) is 2. The van der Waals surface area contributed by atoms with E-state index in [1.807, 2.05) is 19.3 Å². The lowest BCUT2D eigenvalue weighted by molar-refractivity contribution is 0.479. The van der Waals surface area contributed by atoms with Crippen LogP contribution in [0.4, 0.5) is 0 Å². The topological polar surface area (TPSA) is 43.0 Å². The van der Waals surface area contributed by atoms with Gasteiger partial charge in [-0.3, -0.25) is 0 Å². The number of aromatic nitrogens is 2. The number of rotatable bonds is 6. The molecule has 0 bridgehead atoms. The maximum atomic E-state index is 5.60. The summed E-state index contributed by atoms with van der Waals surface area (Å²) >= 11 is 0. The molecular weight excluding hydrogens is 238 g/mol. The van der Waals surface area contributed by atoms with Crippen molar-refractivity contribution in [1.82, 2.24) is 14.9 Å². The molecule has 0 unspecified atom stereocenters. The van der Waals surface area contributed by atoms with Crippen molar-refractivity contribution in [3.8, 4) is 0 Å². The summed E-state index contributed by atoms with van der Waals surface area (Å²) in [6.07, 6.45) is 3.64. The molecule has 0 atom stereocenters. The standard InChI is InChI=1S/C15H23N3O/c1-11(2)7-16-8-14-5-6-19-15(14)9-18-10-17-12(3)13(18)4/h5-6,10-11,16H,7-9H2,1-4H3. The molecule has 0 aromatic carbocycles. The highest BCUT2D eigenvalue weighted by molar-refractivity contribution is 5.19. The Kier molecular flexibility index (Phi) is 4.43. The van der Waals surface area contributed by atoms with Crippen molar-refractivity contribution < 1.29 is 4.42 Å². The minimum Gasteiger partial charge on any atom is -0.467 e. The van der Waals surface area contributed by atoms with Crippen LogP contribution in [0, 0.1) is 19.8 Å². The number of imidazole rings is 1. The van der Waals surface area contributed by atoms with Gasteiger partial charge in [0.2, 0.25) is 0 Å². The van der Waals surface area contributed by atoms with E-state index in [9.17, 15) is 0 Å². The van der Waals surface area contributed by atoms with E-state index in [1.165, 1.54) is 11.3 Å². The number of furan rings is 1. The van der Waals surface area contributed by atoms with Crippen LogP contribution in [0.5, 0.6) is 0 Å². The number of nitrogens with one attached hydrogen (secondary N) is 1. The molecule has 0 spiro atoms. The van der Waals surface area contributed by atoms with Crippen LogP contribution in [0.2, 0.25) is 0 Å². The summed E-state index contributed by atoms with van der Waals surface area (Å²) in [7, 11) is 0. The van der Waals surface area contributed by atoms with Gasteiger partial charge >= 0.3 is 0 Å². The second kappa shape index (κ2) is 6.06. The van der Waals surface area contributed by atoms with Crippen LogP contribution in [0.1, 0.15) is 36.6 Å². The van der Waals surface area contributed by atoms with Crippen LogP contribution in [-0.2, 0) is 13.1 Å². The van der Waals surface area contributed by atoms with Crippen LogP contribution in [0.3, 0.4) is 0 Å². The highest BCUT2D eigenvalue weighted by Gasteiger charge is 2.09. The van der Waals surface area contributed by atoms with E-state index in [0.29, 0.717) is 5.92 Å². The minimum absolute atomic E-state index is 0.661. The molecule has 4 heteroatoms. The highest BCUT2D eigenvalue weighted by Crippen LogP contribution is 2.14. The van der Waals surface area contributed by atoms with E-state index < -0.39 is 0 Å². The molecule has 2 rings (SSSR count). The van der Waals surface area contributed by atoms with Gasteiger partial charge in [0.1, 0.15) is 5.76 Å². The summed E-state index contributed by atoms with van der Waals surface area (Å²) in [5, 5.41) is 3.45. The smallest absolute Gasteiger partial charge is 0.127 e. The third-order valence-electron chi connectivity index (χ3n) is 3.36. The maximum Gasteiger partial charge on any atom is 0.127 e. The summed E-state index contributed by atoms with van der Waals surface area (Å²) in [4.78, 5) is 4.32. The first-order chi connectivity index (χ1) is 9.08. The van der Waals surface area contributed by atoms with E-state index in [4.69, 9.17) is 4.42 Å². The SMILES string of the molecule is Cc1ncn(Cc2occc2CNCC(C)C)c1C. The number of hydrogen-bond donors (Lipinski definition) is 1. The predicted molar refractivity (Wildman–Crippen MR) is 76.1 cm³/mol. The van der Waals surface area contributed by atoms with Crippen molar-refractivity contribution in [3.63, 3.8) is 0 Å². The van der Waals surface area contributed by atoms with E-state index in [1.54, 1.807) is 6.26 Å². The Hall–Kier alpha value is -1.55. The molecule has 0 saturated heterocycles. The monoisotopic (exact) mass is 261 g/mol. The van der Waals surface area contributed by atoms with E-state index in [0.717, 1.165) is 31.1 Å². The molecule has 2 heterocycles. The van der Waals surface area contributed by atoms with E-state index in [2.05, 4.69) is 35.6 Å². The van der Waals surface area contributed by atoms with Crippen molar-refractivity contribution in [2.75, 3.05) is 6.54 Å². The summed E-state index contributed by atoms with van der Waals surface area (Å²) in [5.74, 6) is 1.67. The van der Waals surface area contributed by atoms with Crippen LogP contribution in [0.15, 0.2) is 23.1 Å². The average molecular weight is 261 g/mol. The first kappa shape index (κ1) is 13.9. The van der Waals surface area contributed by atoms with Gasteiger partial charge in [0.15, 0.2) is 0 Å². The van der Waals surface area contributed by atoms with Gasteiger partial charge in [0, 0.05) is 17.8 Å². The molecule has 0 aliphatic rings. The van der Waals surface area contributed by atoms with Crippen molar-refractivity contribution in [2.24, 2.45) is 5.92 Å². The van der Waals surface area contributed by atoms with E-state index in [-0.39, 0.29) is 0 Å². The van der Waals surface area contributed by atoms with Gasteiger partial charge in [0.25, 0.3) is 0 Å². The largest absolute Gasteiger partial charge is 0.467 e. The van der Waals surface area contributed by atoms with Gasteiger partial charge in [-0.2, -0.15) is 0 Å². The van der Waals surface area contributed by atoms with Crippen LogP contribution in [0.25, 0.3) is 0 Å². The van der Waals surface area contributed by atoms with Crippen molar-refractivity contribution in [2.45, 2.75) is 40.8 Å². The Morgan fingerprint density at radius 2 is 2.16 bits per heavy atom. The summed E-state index contributed by atoms with van der Waals surface area (Å²) in [6, 6.07) is 2.04. The van der Waals surface area contributed by atoms with Gasteiger partial charge in [-0.15, -0.1) is 0 Å². The molecule has 1 N–H and O–H groups in total. The minimum atomic E-state index is 0.661. The Morgan fingerprint density at radius 1 is 1.37 bits per heavy atom. The molecular formula is C15H23N3O. The van der Waals surface area contributed by atoms with Crippen LogP contribution >= 0.6 is 0 Å². The molecule has 2 aromatic rings. The molecule has 4 nitrogen and oxygen atoms in total. The molecule has 0 fully saturated rings. The lowest BCUT2D eigenvalue weighted by atomic mass is 10.2. The second-order valence-electron chi connectivity index (χ2n) is 5.44. The zero-order valence-corrected chi connectivity index (χ0v) is 12.2. The Labute approximate surface area is 114 Å². The van der Waals surface area contributed by atoms with Gasteiger partial charge in [-0.25, -0.2) is 4.98 Å². The highest BCUT2D eigenvalue weighted by atomic mass is 16.3. The fourth-order valence-electron chi connectivity index (χ4n) is 2.02.